The Kier molecular flexibility index (Phi) is 8.52. The molecule has 0 aliphatic carbocycles. The molecule has 0 radical (unpaired) electrons. The Balaban J connectivity index is 1.15. The Hall–Kier alpha value is -6.56. The highest BCUT2D eigenvalue weighted by atomic mass is 16.6. The van der Waals surface area contributed by atoms with Gasteiger partial charge in [-0.25, -0.2) is 0 Å². The highest BCUT2D eigenvalue weighted by Gasteiger charge is 2.11. The van der Waals surface area contributed by atoms with Crippen LogP contribution in [-0.2, 0) is 0 Å². The van der Waals surface area contributed by atoms with Gasteiger partial charge in [-0.2, -0.15) is 0 Å². The van der Waals surface area contributed by atoms with E-state index in [9.17, 15) is 29.8 Å². The molecule has 2 amide bonds. The minimum Gasteiger partial charge on any atom is -0.457 e. The Morgan fingerprint density at radius 1 is 0.500 bits per heavy atom. The van der Waals surface area contributed by atoms with Crippen molar-refractivity contribution >= 4 is 34.6 Å². The fraction of sp³-hybridized carbons (Fsp3) is 0. The van der Waals surface area contributed by atoms with Crippen LogP contribution in [0.2, 0.25) is 0 Å². The number of hydrogen-bond donors (Lipinski definition) is 2. The van der Waals surface area contributed by atoms with E-state index >= 15 is 0 Å². The van der Waals surface area contributed by atoms with E-state index in [0.717, 1.165) is 0 Å². The smallest absolute Gasteiger partial charge is 0.269 e. The second kappa shape index (κ2) is 13.0. The van der Waals surface area contributed by atoms with Crippen LogP contribution >= 0.6 is 0 Å². The van der Waals surface area contributed by atoms with E-state index < -0.39 is 9.85 Å². The van der Waals surface area contributed by atoms with Gasteiger partial charge in [0.05, 0.1) is 9.85 Å². The Morgan fingerprint density at radius 2 is 0.818 bits per heavy atom. The van der Waals surface area contributed by atoms with E-state index in [1.165, 1.54) is 48.5 Å². The van der Waals surface area contributed by atoms with E-state index in [0.29, 0.717) is 45.5 Å². The van der Waals surface area contributed by atoms with Gasteiger partial charge in [0.25, 0.3) is 23.2 Å². The number of non-ortho nitro benzene ring substituents is 2. The lowest BCUT2D eigenvalue weighted by Gasteiger charge is -2.10. The molecule has 0 heterocycles. The number of nitrogens with zero attached hydrogens (tertiary/aromatic N) is 2. The van der Waals surface area contributed by atoms with Crippen LogP contribution in [0.15, 0.2) is 121 Å². The molecule has 12 heteroatoms. The molecule has 44 heavy (non-hydrogen) atoms. The Morgan fingerprint density at radius 3 is 1.14 bits per heavy atom. The molecule has 0 bridgehead atoms. The highest BCUT2D eigenvalue weighted by Crippen LogP contribution is 2.26. The topological polar surface area (TPSA) is 163 Å². The molecule has 5 aromatic rings. The number of benzene rings is 5. The number of anilines is 2. The highest BCUT2D eigenvalue weighted by molar-refractivity contribution is 6.06. The summed E-state index contributed by atoms with van der Waals surface area (Å²) in [6.07, 6.45) is 0. The van der Waals surface area contributed by atoms with Crippen LogP contribution in [0.25, 0.3) is 0 Å². The molecule has 0 saturated carbocycles. The van der Waals surface area contributed by atoms with Crippen molar-refractivity contribution < 1.29 is 28.9 Å². The SMILES string of the molecule is O=C(Nc1cccc(NC(=O)c2ccc(Oc3ccc([N+](=O)[O-])cc3)cc2)c1)c1ccc(Oc2ccc([N+](=O)[O-])cc2)cc1. The van der Waals surface area contributed by atoms with Crippen molar-refractivity contribution in [2.24, 2.45) is 0 Å². The molecule has 218 valence electrons. The average Bonchev–Trinajstić information content (AvgIpc) is 3.02. The standard InChI is InChI=1S/C32H22N4O8/c37-31(21-4-12-27(13-5-21)43-29-16-8-25(9-17-29)35(39)40)33-23-2-1-3-24(20-23)34-32(38)22-6-14-28(15-7-22)44-30-18-10-26(11-19-30)36(41)42/h1-20H,(H,33,37)(H,34,38). The van der Waals surface area contributed by atoms with Crippen molar-refractivity contribution in [2.45, 2.75) is 0 Å². The number of carbonyl (C=O) groups excluding carboxylic acids is 2. The second-order valence-corrected chi connectivity index (χ2v) is 9.24. The number of nitro benzene ring substituents is 2. The van der Waals surface area contributed by atoms with Crippen molar-refractivity contribution in [3.8, 4) is 23.0 Å². The molecule has 5 aromatic carbocycles. The summed E-state index contributed by atoms with van der Waals surface area (Å²) in [4.78, 5) is 46.2. The van der Waals surface area contributed by atoms with Crippen LogP contribution in [0.3, 0.4) is 0 Å². The zero-order chi connectivity index (χ0) is 31.1. The Bertz CT molecular complexity index is 1690. The summed E-state index contributed by atoms with van der Waals surface area (Å²) in [5.41, 5.74) is 1.57. The number of rotatable bonds is 10. The maximum absolute atomic E-state index is 12.8. The van der Waals surface area contributed by atoms with Crippen LogP contribution in [0, 0.1) is 20.2 Å². The largest absolute Gasteiger partial charge is 0.457 e. The first kappa shape index (κ1) is 29.0. The van der Waals surface area contributed by atoms with Gasteiger partial charge in [0.1, 0.15) is 23.0 Å². The van der Waals surface area contributed by atoms with E-state index in [1.54, 1.807) is 72.8 Å². The molecule has 12 nitrogen and oxygen atoms in total. The van der Waals surface area contributed by atoms with E-state index in [1.807, 2.05) is 0 Å². The van der Waals surface area contributed by atoms with Gasteiger partial charge in [0.2, 0.25) is 0 Å². The molecule has 5 rings (SSSR count). The monoisotopic (exact) mass is 590 g/mol. The molecule has 0 aliphatic rings. The summed E-state index contributed by atoms with van der Waals surface area (Å²) in [7, 11) is 0. The molecule has 2 N–H and O–H groups in total. The third-order valence-electron chi connectivity index (χ3n) is 6.18. The summed E-state index contributed by atoms with van der Waals surface area (Å²) in [5.74, 6) is 0.978. The molecule has 0 aromatic heterocycles. The molecule has 0 aliphatic heterocycles. The first-order valence-corrected chi connectivity index (χ1v) is 13.0. The summed E-state index contributed by atoms with van der Waals surface area (Å²) >= 11 is 0. The minimum absolute atomic E-state index is 0.0458. The zero-order valence-corrected chi connectivity index (χ0v) is 22.7. The number of amides is 2. The lowest BCUT2D eigenvalue weighted by molar-refractivity contribution is -0.385. The van der Waals surface area contributed by atoms with Gasteiger partial charge in [-0.3, -0.25) is 29.8 Å². The lowest BCUT2D eigenvalue weighted by atomic mass is 10.2. The molecule has 0 fully saturated rings. The van der Waals surface area contributed by atoms with Gasteiger partial charge >= 0.3 is 0 Å². The molecular weight excluding hydrogens is 568 g/mol. The van der Waals surface area contributed by atoms with Gasteiger partial charge in [0.15, 0.2) is 0 Å². The van der Waals surface area contributed by atoms with Crippen molar-refractivity contribution in [1.29, 1.82) is 0 Å². The Labute approximate surface area is 249 Å². The predicted molar refractivity (Wildman–Crippen MR) is 162 cm³/mol. The molecule has 0 spiro atoms. The third-order valence-corrected chi connectivity index (χ3v) is 6.18. The van der Waals surface area contributed by atoms with Gasteiger partial charge in [-0.1, -0.05) is 6.07 Å². The van der Waals surface area contributed by atoms with Gasteiger partial charge in [-0.05, 0) is 91.0 Å². The van der Waals surface area contributed by atoms with E-state index in [4.69, 9.17) is 9.47 Å². The first-order valence-electron chi connectivity index (χ1n) is 13.0. The molecule has 0 atom stereocenters. The summed E-state index contributed by atoms with van der Waals surface area (Å²) in [6.45, 7) is 0. The normalized spacial score (nSPS) is 10.4. The van der Waals surface area contributed by atoms with E-state index in [-0.39, 0.29) is 23.2 Å². The molecular formula is C32H22N4O8. The number of carbonyl (C=O) groups is 2. The number of nitrogens with one attached hydrogen (secondary N) is 2. The fourth-order valence-electron chi connectivity index (χ4n) is 3.97. The molecule has 0 saturated heterocycles. The maximum Gasteiger partial charge on any atom is 0.269 e. The number of nitro groups is 2. The van der Waals surface area contributed by atoms with Gasteiger partial charge in [-0.15, -0.1) is 0 Å². The van der Waals surface area contributed by atoms with Gasteiger partial charge < -0.3 is 20.1 Å². The average molecular weight is 591 g/mol. The lowest BCUT2D eigenvalue weighted by Crippen LogP contribution is -2.14. The van der Waals surface area contributed by atoms with Crippen molar-refractivity contribution in [1.82, 2.24) is 0 Å². The van der Waals surface area contributed by atoms with Crippen LogP contribution in [0.4, 0.5) is 22.7 Å². The third kappa shape index (κ3) is 7.39. The van der Waals surface area contributed by atoms with Crippen molar-refractivity contribution in [3.05, 3.63) is 153 Å². The summed E-state index contributed by atoms with van der Waals surface area (Å²) < 4.78 is 11.4. The van der Waals surface area contributed by atoms with E-state index in [2.05, 4.69) is 10.6 Å². The zero-order valence-electron chi connectivity index (χ0n) is 22.7. The van der Waals surface area contributed by atoms with Crippen molar-refractivity contribution in [3.63, 3.8) is 0 Å². The quantitative estimate of drug-likeness (QED) is 0.124. The first-order chi connectivity index (χ1) is 21.2. The summed E-state index contributed by atoms with van der Waals surface area (Å²) in [5, 5.41) is 27.2. The van der Waals surface area contributed by atoms with Crippen LogP contribution < -0.4 is 20.1 Å². The van der Waals surface area contributed by atoms with Gasteiger partial charge in [0, 0.05) is 46.8 Å². The van der Waals surface area contributed by atoms with Crippen LogP contribution in [0.5, 0.6) is 23.0 Å². The predicted octanol–water partition coefficient (Wildman–Crippen LogP) is 7.59. The second-order valence-electron chi connectivity index (χ2n) is 9.24. The fourth-order valence-corrected chi connectivity index (χ4v) is 3.97. The van der Waals surface area contributed by atoms with Crippen LogP contribution in [-0.4, -0.2) is 21.7 Å². The minimum atomic E-state index is -0.496. The van der Waals surface area contributed by atoms with Crippen molar-refractivity contribution in [2.75, 3.05) is 10.6 Å². The molecule has 0 unspecified atom stereocenters. The maximum atomic E-state index is 12.8. The van der Waals surface area contributed by atoms with Crippen LogP contribution in [0.1, 0.15) is 20.7 Å². The number of hydrogen-bond acceptors (Lipinski definition) is 8. The summed E-state index contributed by atoms with van der Waals surface area (Å²) in [6, 6.07) is 30.7. The number of ether oxygens (including phenoxy) is 2.